The van der Waals surface area contributed by atoms with E-state index in [-0.39, 0.29) is 0 Å². The molecule has 0 rings (SSSR count). The summed E-state index contributed by atoms with van der Waals surface area (Å²) < 4.78 is 5.09. The molecule has 0 aromatic carbocycles. The van der Waals surface area contributed by atoms with Gasteiger partial charge in [-0.05, 0) is 19.0 Å². The monoisotopic (exact) mass is 202 g/mol. The van der Waals surface area contributed by atoms with E-state index in [9.17, 15) is 0 Å². The number of nitrogens with one attached hydrogen (secondary N) is 1. The second kappa shape index (κ2) is 7.21. The smallest absolute Gasteiger partial charge is 0.0589 e. The molecule has 0 unspecified atom stereocenters. The van der Waals surface area contributed by atoms with E-state index in [0.29, 0.717) is 5.41 Å². The third-order valence-corrected chi connectivity index (χ3v) is 2.37. The number of rotatable bonds is 8. The van der Waals surface area contributed by atoms with Gasteiger partial charge in [-0.25, -0.2) is 0 Å². The minimum atomic E-state index is 0.332. The van der Waals surface area contributed by atoms with E-state index in [1.54, 1.807) is 7.11 Å². The van der Waals surface area contributed by atoms with E-state index in [1.165, 1.54) is 0 Å². The Bertz CT molecular complexity index is 137. The predicted octanol–water partition coefficient (Wildman–Crippen LogP) is 1.20. The SMILES string of the molecule is CCN(CCOC)CC(C)(C)CNC. The van der Waals surface area contributed by atoms with Crippen molar-refractivity contribution in [3.05, 3.63) is 0 Å². The van der Waals surface area contributed by atoms with Crippen molar-refractivity contribution >= 4 is 0 Å². The van der Waals surface area contributed by atoms with Gasteiger partial charge in [0.25, 0.3) is 0 Å². The summed E-state index contributed by atoms with van der Waals surface area (Å²) in [4.78, 5) is 2.43. The number of ether oxygens (including phenoxy) is 1. The zero-order chi connectivity index (χ0) is 11.0. The Morgan fingerprint density at radius 1 is 1.36 bits per heavy atom. The molecule has 0 bridgehead atoms. The van der Waals surface area contributed by atoms with Crippen molar-refractivity contribution in [2.24, 2.45) is 5.41 Å². The molecule has 0 aromatic heterocycles. The molecular formula is C11H26N2O. The van der Waals surface area contributed by atoms with Gasteiger partial charge in [0.05, 0.1) is 6.61 Å². The van der Waals surface area contributed by atoms with Crippen molar-refractivity contribution in [1.29, 1.82) is 0 Å². The highest BCUT2D eigenvalue weighted by Crippen LogP contribution is 2.15. The normalized spacial score (nSPS) is 12.4. The summed E-state index contributed by atoms with van der Waals surface area (Å²) in [6.45, 7) is 11.9. The Balaban J connectivity index is 3.89. The minimum absolute atomic E-state index is 0.332. The summed E-state index contributed by atoms with van der Waals surface area (Å²) in [6.07, 6.45) is 0. The molecule has 14 heavy (non-hydrogen) atoms. The van der Waals surface area contributed by atoms with Crippen LogP contribution in [0.1, 0.15) is 20.8 Å². The predicted molar refractivity (Wildman–Crippen MR) is 61.7 cm³/mol. The van der Waals surface area contributed by atoms with Crippen molar-refractivity contribution in [1.82, 2.24) is 10.2 Å². The first-order valence-corrected chi connectivity index (χ1v) is 5.41. The summed E-state index contributed by atoms with van der Waals surface area (Å²) >= 11 is 0. The van der Waals surface area contributed by atoms with Gasteiger partial charge in [0, 0.05) is 26.7 Å². The Morgan fingerprint density at radius 2 is 2.00 bits per heavy atom. The lowest BCUT2D eigenvalue weighted by Gasteiger charge is -2.31. The molecular weight excluding hydrogens is 176 g/mol. The van der Waals surface area contributed by atoms with Gasteiger partial charge in [-0.1, -0.05) is 20.8 Å². The van der Waals surface area contributed by atoms with Gasteiger partial charge < -0.3 is 15.0 Å². The standard InChI is InChI=1S/C11H26N2O/c1-6-13(7-8-14-5)10-11(2,3)9-12-4/h12H,6-10H2,1-5H3. The Morgan fingerprint density at radius 3 is 2.43 bits per heavy atom. The Labute approximate surface area is 88.8 Å². The summed E-state index contributed by atoms with van der Waals surface area (Å²) in [5, 5.41) is 3.24. The lowest BCUT2D eigenvalue weighted by Crippen LogP contribution is -2.40. The second-order valence-corrected chi connectivity index (χ2v) is 4.56. The van der Waals surface area contributed by atoms with E-state index in [0.717, 1.165) is 32.8 Å². The fourth-order valence-electron chi connectivity index (χ4n) is 1.71. The highest BCUT2D eigenvalue weighted by Gasteiger charge is 2.19. The number of hydrogen-bond donors (Lipinski definition) is 1. The molecule has 86 valence electrons. The topological polar surface area (TPSA) is 24.5 Å². The van der Waals surface area contributed by atoms with E-state index in [2.05, 4.69) is 31.0 Å². The maximum Gasteiger partial charge on any atom is 0.0589 e. The highest BCUT2D eigenvalue weighted by atomic mass is 16.5. The Kier molecular flexibility index (Phi) is 7.15. The van der Waals surface area contributed by atoms with Crippen molar-refractivity contribution in [3.63, 3.8) is 0 Å². The van der Waals surface area contributed by atoms with E-state index >= 15 is 0 Å². The van der Waals surface area contributed by atoms with Crippen LogP contribution in [-0.2, 0) is 4.74 Å². The molecule has 0 aromatic rings. The molecule has 0 spiro atoms. The first kappa shape index (κ1) is 13.9. The van der Waals surface area contributed by atoms with Crippen molar-refractivity contribution < 1.29 is 4.74 Å². The van der Waals surface area contributed by atoms with Crippen LogP contribution in [0.5, 0.6) is 0 Å². The third kappa shape index (κ3) is 6.35. The molecule has 0 aliphatic carbocycles. The van der Waals surface area contributed by atoms with Crippen LogP contribution in [0.15, 0.2) is 0 Å². The van der Waals surface area contributed by atoms with Gasteiger partial charge in [-0.3, -0.25) is 0 Å². The van der Waals surface area contributed by atoms with Crippen molar-refractivity contribution in [2.45, 2.75) is 20.8 Å². The summed E-state index contributed by atoms with van der Waals surface area (Å²) in [5.41, 5.74) is 0.332. The van der Waals surface area contributed by atoms with Crippen LogP contribution in [0.3, 0.4) is 0 Å². The molecule has 1 N–H and O–H groups in total. The molecule has 0 fully saturated rings. The minimum Gasteiger partial charge on any atom is -0.383 e. The zero-order valence-corrected chi connectivity index (χ0v) is 10.4. The maximum absolute atomic E-state index is 5.09. The van der Waals surface area contributed by atoms with Gasteiger partial charge in [-0.2, -0.15) is 0 Å². The first-order chi connectivity index (χ1) is 6.55. The zero-order valence-electron chi connectivity index (χ0n) is 10.4. The molecule has 0 atom stereocenters. The van der Waals surface area contributed by atoms with Gasteiger partial charge in [-0.15, -0.1) is 0 Å². The number of hydrogen-bond acceptors (Lipinski definition) is 3. The van der Waals surface area contributed by atoms with E-state index < -0.39 is 0 Å². The molecule has 3 nitrogen and oxygen atoms in total. The second-order valence-electron chi connectivity index (χ2n) is 4.56. The molecule has 0 aliphatic heterocycles. The van der Waals surface area contributed by atoms with E-state index in [1.807, 2.05) is 7.05 Å². The maximum atomic E-state index is 5.09. The molecule has 0 amide bonds. The largest absolute Gasteiger partial charge is 0.383 e. The molecule has 0 heterocycles. The van der Waals surface area contributed by atoms with Crippen LogP contribution >= 0.6 is 0 Å². The van der Waals surface area contributed by atoms with Crippen LogP contribution in [0.2, 0.25) is 0 Å². The number of nitrogens with zero attached hydrogens (tertiary/aromatic N) is 1. The number of methoxy groups -OCH3 is 1. The van der Waals surface area contributed by atoms with Crippen LogP contribution in [0.4, 0.5) is 0 Å². The van der Waals surface area contributed by atoms with E-state index in [4.69, 9.17) is 4.74 Å². The fraction of sp³-hybridized carbons (Fsp3) is 1.00. The molecule has 0 aliphatic rings. The molecule has 3 heteroatoms. The average molecular weight is 202 g/mol. The quantitative estimate of drug-likeness (QED) is 0.640. The van der Waals surface area contributed by atoms with Crippen LogP contribution in [0, 0.1) is 5.41 Å². The fourth-order valence-corrected chi connectivity index (χ4v) is 1.71. The highest BCUT2D eigenvalue weighted by molar-refractivity contribution is 4.75. The van der Waals surface area contributed by atoms with Gasteiger partial charge >= 0.3 is 0 Å². The molecule has 0 saturated carbocycles. The van der Waals surface area contributed by atoms with Crippen LogP contribution in [-0.4, -0.2) is 51.8 Å². The van der Waals surface area contributed by atoms with Gasteiger partial charge in [0.15, 0.2) is 0 Å². The molecule has 0 saturated heterocycles. The van der Waals surface area contributed by atoms with Crippen molar-refractivity contribution in [3.8, 4) is 0 Å². The van der Waals surface area contributed by atoms with Crippen LogP contribution < -0.4 is 5.32 Å². The Hall–Kier alpha value is -0.120. The van der Waals surface area contributed by atoms with Crippen LogP contribution in [0.25, 0.3) is 0 Å². The lowest BCUT2D eigenvalue weighted by atomic mass is 9.93. The van der Waals surface area contributed by atoms with Gasteiger partial charge in [0.1, 0.15) is 0 Å². The number of likely N-dealkylation sites (N-methyl/N-ethyl adjacent to an activating group) is 1. The average Bonchev–Trinajstić information content (AvgIpc) is 2.12. The van der Waals surface area contributed by atoms with Gasteiger partial charge in [0.2, 0.25) is 0 Å². The lowest BCUT2D eigenvalue weighted by molar-refractivity contribution is 0.122. The summed E-state index contributed by atoms with van der Waals surface area (Å²) in [7, 11) is 3.76. The van der Waals surface area contributed by atoms with Crippen molar-refractivity contribution in [2.75, 3.05) is 46.9 Å². The molecule has 0 radical (unpaired) electrons. The first-order valence-electron chi connectivity index (χ1n) is 5.41. The summed E-state index contributed by atoms with van der Waals surface area (Å²) in [5.74, 6) is 0. The third-order valence-electron chi connectivity index (χ3n) is 2.37. The summed E-state index contributed by atoms with van der Waals surface area (Å²) in [6, 6.07) is 0.